The molecule has 54 heavy (non-hydrogen) atoms. The van der Waals surface area contributed by atoms with Gasteiger partial charge in [-0.1, -0.05) is 30.3 Å². The third kappa shape index (κ3) is 13.4. The second-order valence-corrected chi connectivity index (χ2v) is 14.1. The summed E-state index contributed by atoms with van der Waals surface area (Å²) in [5.74, 6) is -5.54. The summed E-state index contributed by atoms with van der Waals surface area (Å²) < 4.78 is 47.6. The van der Waals surface area contributed by atoms with Crippen molar-refractivity contribution in [3.05, 3.63) is 47.7 Å². The van der Waals surface area contributed by atoms with E-state index in [1.165, 1.54) is 14.0 Å². The molecule has 20 nitrogen and oxygen atoms in total. The number of carbonyl (C=O) groups is 4. The van der Waals surface area contributed by atoms with Crippen LogP contribution in [0.15, 0.2) is 42.2 Å². The van der Waals surface area contributed by atoms with E-state index in [-0.39, 0.29) is 18.1 Å². The topological polar surface area (TPSA) is 320 Å². The van der Waals surface area contributed by atoms with E-state index < -0.39 is 119 Å². The van der Waals surface area contributed by atoms with Gasteiger partial charge in [0.2, 0.25) is 11.7 Å². The molecule has 4 rings (SSSR count). The van der Waals surface area contributed by atoms with Crippen LogP contribution in [-0.4, -0.2) is 154 Å². The molecule has 0 radical (unpaired) electrons. The summed E-state index contributed by atoms with van der Waals surface area (Å²) in [6.07, 6.45) is -8.61. The number of aliphatic hydroxyl groups is 5. The Balaban J connectivity index is 0.000000300. The van der Waals surface area contributed by atoms with Gasteiger partial charge < -0.3 is 64.8 Å². The maximum atomic E-state index is 11.8. The number of hydrogen-bond acceptors (Lipinski definition) is 17. The first-order valence-electron chi connectivity index (χ1n) is 15.7. The van der Waals surface area contributed by atoms with Crippen LogP contribution in [0.4, 0.5) is 0 Å². The van der Waals surface area contributed by atoms with E-state index in [1.807, 2.05) is 18.2 Å². The average Bonchev–Trinajstić information content (AvgIpc) is 3.35. The number of esters is 1. The number of ether oxygens (including phenoxy) is 4. The summed E-state index contributed by atoms with van der Waals surface area (Å²) in [6.45, 7) is 0.859. The number of halogens is 3. The van der Waals surface area contributed by atoms with Crippen LogP contribution in [0.5, 0.6) is 0 Å². The van der Waals surface area contributed by atoms with Crippen LogP contribution in [0.25, 0.3) is 0 Å². The molecule has 1 aromatic carbocycles. The highest BCUT2D eigenvalue weighted by Gasteiger charge is 2.58. The summed E-state index contributed by atoms with van der Waals surface area (Å²) >= 11 is 17.3. The lowest BCUT2D eigenvalue weighted by atomic mass is 10.0. The molecular formula is C30H42Cl3N3O17S. The number of nitrogens with one attached hydrogen (secondary N) is 2. The predicted molar refractivity (Wildman–Crippen MR) is 186 cm³/mol. The molecular weight excluding hydrogens is 813 g/mol. The minimum Gasteiger partial charge on any atom is -0.481 e. The zero-order valence-corrected chi connectivity index (χ0v) is 31.7. The van der Waals surface area contributed by atoms with Gasteiger partial charge in [-0.15, -0.1) is 34.8 Å². The minimum absolute atomic E-state index is 0.0729. The highest BCUT2D eigenvalue weighted by atomic mass is 35.5. The molecule has 3 heterocycles. The Morgan fingerprint density at radius 1 is 1.07 bits per heavy atom. The lowest BCUT2D eigenvalue weighted by Crippen LogP contribution is -2.61. The van der Waals surface area contributed by atoms with Gasteiger partial charge in [0, 0.05) is 12.5 Å². The van der Waals surface area contributed by atoms with Gasteiger partial charge in [-0.3, -0.25) is 14.4 Å². The summed E-state index contributed by atoms with van der Waals surface area (Å²) in [5, 5.41) is 59.2. The molecule has 0 aliphatic carbocycles. The van der Waals surface area contributed by atoms with Gasteiger partial charge in [0.15, 0.2) is 6.29 Å². The Labute approximate surface area is 324 Å². The molecule has 0 unspecified atom stereocenters. The number of methoxy groups -OCH3 is 1. The molecule has 11 atom stereocenters. The van der Waals surface area contributed by atoms with Crippen molar-refractivity contribution in [2.45, 2.75) is 85.9 Å². The zero-order chi connectivity index (χ0) is 41.0. The Kier molecular flexibility index (Phi) is 18.7. The number of aliphatic hydroxyl groups excluding tert-OH is 5. The van der Waals surface area contributed by atoms with E-state index in [0.29, 0.717) is 0 Å². The average molecular weight is 855 g/mol. The van der Waals surface area contributed by atoms with E-state index in [0.717, 1.165) is 11.6 Å². The summed E-state index contributed by atoms with van der Waals surface area (Å²) in [6, 6.07) is 6.93. The number of allylic oxidation sites excluding steroid dienone is 1. The highest BCUT2D eigenvalue weighted by Crippen LogP contribution is 2.38. The van der Waals surface area contributed by atoms with Crippen LogP contribution in [0.2, 0.25) is 0 Å². The maximum absolute atomic E-state index is 11.8. The van der Waals surface area contributed by atoms with Gasteiger partial charge in [0.1, 0.15) is 48.4 Å². The van der Waals surface area contributed by atoms with Gasteiger partial charge >= 0.3 is 22.2 Å². The third-order valence-electron chi connectivity index (χ3n) is 7.58. The molecule has 0 bridgehead atoms. The molecule has 3 aliphatic rings. The Morgan fingerprint density at radius 2 is 1.70 bits per heavy atom. The summed E-state index contributed by atoms with van der Waals surface area (Å²) in [4.78, 5) is 44.5. The van der Waals surface area contributed by atoms with E-state index in [9.17, 15) is 53.1 Å². The van der Waals surface area contributed by atoms with Crippen molar-refractivity contribution in [1.29, 1.82) is 0 Å². The van der Waals surface area contributed by atoms with Crippen LogP contribution in [0, 0.1) is 0 Å². The van der Waals surface area contributed by atoms with Crippen molar-refractivity contribution in [2.24, 2.45) is 5.73 Å². The van der Waals surface area contributed by atoms with Gasteiger partial charge in [-0.05, 0) is 12.5 Å². The van der Waals surface area contributed by atoms with E-state index in [4.69, 9.17) is 59.9 Å². The Bertz CT molecular complexity index is 1560. The van der Waals surface area contributed by atoms with Crippen LogP contribution in [0.3, 0.4) is 0 Å². The first kappa shape index (κ1) is 47.3. The molecule has 0 saturated carbocycles. The zero-order valence-electron chi connectivity index (χ0n) is 28.6. The SMILES string of the molecule is CC1=CC(=O)NS(=O)(=O)O1.COC(=O)[C@H](Cc1ccccc1)NC(=O)[C@@H](N)CC(=O)O.OC[C@H]1O[C@H](O[C@]2(CCl)O[C@H](CCl)[C@@H](O)[C@@H]2O)[C@H](O)[C@@H](O)[C@H]1Cl. The number of rotatable bonds is 12. The number of amides is 2. The summed E-state index contributed by atoms with van der Waals surface area (Å²) in [5.41, 5.74) is 6.29. The molecule has 3 aliphatic heterocycles. The fourth-order valence-electron chi connectivity index (χ4n) is 4.86. The second kappa shape index (κ2) is 21.4. The van der Waals surface area contributed by atoms with Gasteiger partial charge in [-0.25, -0.2) is 9.52 Å². The number of hydrogen-bond donors (Lipinski definition) is 9. The quantitative estimate of drug-likeness (QED) is 0.0764. The van der Waals surface area contributed by atoms with E-state index >= 15 is 0 Å². The van der Waals surface area contributed by atoms with Crippen molar-refractivity contribution in [2.75, 3.05) is 25.5 Å². The van der Waals surface area contributed by atoms with Crippen LogP contribution >= 0.6 is 34.8 Å². The molecule has 0 aromatic heterocycles. The normalized spacial score (nSPS) is 31.0. The smallest absolute Gasteiger partial charge is 0.409 e. The highest BCUT2D eigenvalue weighted by molar-refractivity contribution is 7.85. The monoisotopic (exact) mass is 853 g/mol. The van der Waals surface area contributed by atoms with Crippen molar-refractivity contribution >= 4 is 68.9 Å². The molecule has 2 saturated heterocycles. The first-order chi connectivity index (χ1) is 25.2. The largest absolute Gasteiger partial charge is 0.481 e. The fourth-order valence-corrected chi connectivity index (χ4v) is 6.42. The molecule has 2 fully saturated rings. The van der Waals surface area contributed by atoms with Gasteiger partial charge in [-0.2, -0.15) is 8.42 Å². The van der Waals surface area contributed by atoms with E-state index in [1.54, 1.807) is 16.9 Å². The second-order valence-electron chi connectivity index (χ2n) is 11.7. The minimum atomic E-state index is -3.85. The van der Waals surface area contributed by atoms with Crippen LogP contribution < -0.4 is 15.8 Å². The Morgan fingerprint density at radius 3 is 2.19 bits per heavy atom. The van der Waals surface area contributed by atoms with Crippen molar-refractivity contribution in [1.82, 2.24) is 10.0 Å². The first-order valence-corrected chi connectivity index (χ1v) is 18.6. The number of benzene rings is 1. The Hall–Kier alpha value is -2.90. The van der Waals surface area contributed by atoms with Crippen molar-refractivity contribution in [3.8, 4) is 0 Å². The molecule has 10 N–H and O–H groups in total. The summed E-state index contributed by atoms with van der Waals surface area (Å²) in [7, 11) is -2.64. The number of carboxylic acids is 1. The van der Waals surface area contributed by atoms with E-state index in [2.05, 4.69) is 14.2 Å². The lowest BCUT2D eigenvalue weighted by molar-refractivity contribution is -0.357. The molecule has 24 heteroatoms. The number of carbonyl (C=O) groups excluding carboxylic acids is 3. The van der Waals surface area contributed by atoms with Crippen molar-refractivity contribution in [3.63, 3.8) is 0 Å². The number of carboxylic acid groups (broad SMARTS) is 1. The molecule has 2 amide bonds. The van der Waals surface area contributed by atoms with Crippen LogP contribution in [0.1, 0.15) is 18.9 Å². The number of aliphatic carboxylic acids is 1. The van der Waals surface area contributed by atoms with Crippen molar-refractivity contribution < 1.29 is 81.4 Å². The molecule has 1 aromatic rings. The number of alkyl halides is 3. The standard InChI is InChI=1S/C14H18N2O5.C12H19Cl3O8.C4H5NO4S/c1-21-14(20)11(7-9-5-3-2-4-6-9)16-13(19)10(15)8-12(17)18;13-1-4-7(17)10(20)12(3-14,22-4)23-11-9(19)8(18)6(15)5(2-16)21-11;1-3-2-4(6)5-10(7,8)9-3/h2-6,10-11H,7-8,15H2,1H3,(H,16,19)(H,17,18);4-11,16-20H,1-3H2;2H,1H3,(H,5,6)/t10-,11-;4-,5-,6+,7-,8+,9-,10+,11-,12+;/m01./s1. The maximum Gasteiger partial charge on any atom is 0.409 e. The number of nitrogens with two attached hydrogens (primary N) is 1. The lowest BCUT2D eigenvalue weighted by Gasteiger charge is -2.43. The molecule has 0 spiro atoms. The molecule has 306 valence electrons. The van der Waals surface area contributed by atoms with Gasteiger partial charge in [0.05, 0.1) is 43.3 Å². The third-order valence-corrected chi connectivity index (χ3v) is 9.73. The van der Waals surface area contributed by atoms with Crippen LogP contribution in [-0.2, 0) is 59.0 Å². The predicted octanol–water partition coefficient (Wildman–Crippen LogP) is -2.69. The fraction of sp³-hybridized carbons (Fsp3) is 0.600. The van der Waals surface area contributed by atoms with Gasteiger partial charge in [0.25, 0.3) is 5.91 Å².